The molecule has 0 amide bonds. The molecule has 1 saturated carbocycles. The smallest absolute Gasteiger partial charge is 0.205 e. The molecule has 1 aromatic carbocycles. The summed E-state index contributed by atoms with van der Waals surface area (Å²) in [6, 6.07) is 10.4. The van der Waals surface area contributed by atoms with Gasteiger partial charge in [0.2, 0.25) is 5.89 Å². The molecule has 0 radical (unpaired) electrons. The molecule has 0 bridgehead atoms. The molecule has 3 rings (SSSR count). The van der Waals surface area contributed by atoms with E-state index >= 15 is 0 Å². The largest absolute Gasteiger partial charge is 0.443 e. The zero-order valence-electron chi connectivity index (χ0n) is 8.82. The molecule has 0 aliphatic heterocycles. The van der Waals surface area contributed by atoms with Gasteiger partial charge in [-0.2, -0.15) is 0 Å². The van der Waals surface area contributed by atoms with Gasteiger partial charge >= 0.3 is 0 Å². The number of nitrogens with zero attached hydrogens (tertiary/aromatic N) is 1. The first-order valence-corrected chi connectivity index (χ1v) is 5.95. The molecule has 82 valence electrons. The maximum absolute atomic E-state index is 5.72. The molecule has 1 aliphatic rings. The minimum Gasteiger partial charge on any atom is -0.443 e. The van der Waals surface area contributed by atoms with Crippen molar-refractivity contribution in [1.82, 2.24) is 4.98 Å². The van der Waals surface area contributed by atoms with Crippen molar-refractivity contribution < 1.29 is 4.42 Å². The Labute approximate surface area is 99.3 Å². The third kappa shape index (κ3) is 1.45. The maximum atomic E-state index is 5.72. The van der Waals surface area contributed by atoms with Gasteiger partial charge in [0.1, 0.15) is 5.76 Å². The number of benzene rings is 1. The van der Waals surface area contributed by atoms with Crippen LogP contribution in [0.15, 0.2) is 40.9 Å². The second kappa shape index (κ2) is 3.63. The summed E-state index contributed by atoms with van der Waals surface area (Å²) in [5, 5.41) is 0. The molecular formula is C13H12ClNO. The SMILES string of the molecule is ClCc1cnc(C2(c3ccccc3)CC2)o1. The van der Waals surface area contributed by atoms with Crippen molar-refractivity contribution in [3.05, 3.63) is 53.7 Å². The average molecular weight is 234 g/mol. The second-order valence-corrected chi connectivity index (χ2v) is 4.48. The van der Waals surface area contributed by atoms with Crippen LogP contribution in [0.4, 0.5) is 0 Å². The maximum Gasteiger partial charge on any atom is 0.205 e. The Hall–Kier alpha value is -1.28. The zero-order chi connectivity index (χ0) is 11.0. The minimum absolute atomic E-state index is 0.0194. The second-order valence-electron chi connectivity index (χ2n) is 4.21. The highest BCUT2D eigenvalue weighted by atomic mass is 35.5. The van der Waals surface area contributed by atoms with Crippen LogP contribution in [-0.4, -0.2) is 4.98 Å². The molecule has 0 saturated heterocycles. The highest BCUT2D eigenvalue weighted by molar-refractivity contribution is 6.16. The number of alkyl halides is 1. The fourth-order valence-electron chi connectivity index (χ4n) is 2.10. The van der Waals surface area contributed by atoms with Crippen LogP contribution in [0.2, 0.25) is 0 Å². The molecule has 2 nitrogen and oxygen atoms in total. The molecule has 1 aromatic heterocycles. The van der Waals surface area contributed by atoms with Crippen LogP contribution in [-0.2, 0) is 11.3 Å². The van der Waals surface area contributed by atoms with Gasteiger partial charge < -0.3 is 4.42 Å². The predicted octanol–water partition coefficient (Wildman–Crippen LogP) is 3.49. The summed E-state index contributed by atoms with van der Waals surface area (Å²) in [5.41, 5.74) is 1.31. The molecule has 3 heteroatoms. The normalized spacial score (nSPS) is 17.3. The summed E-state index contributed by atoms with van der Waals surface area (Å²) in [4.78, 5) is 4.35. The van der Waals surface area contributed by atoms with Gasteiger partial charge in [-0.05, 0) is 18.4 Å². The summed E-state index contributed by atoms with van der Waals surface area (Å²) in [5.74, 6) is 1.95. The van der Waals surface area contributed by atoms with Gasteiger partial charge in [0.05, 0.1) is 17.5 Å². The molecule has 1 heterocycles. The first-order valence-electron chi connectivity index (χ1n) is 5.42. The third-order valence-corrected chi connectivity index (χ3v) is 3.43. The minimum atomic E-state index is 0.0194. The Kier molecular flexibility index (Phi) is 2.25. The van der Waals surface area contributed by atoms with Crippen LogP contribution in [0.3, 0.4) is 0 Å². The van der Waals surface area contributed by atoms with Crippen molar-refractivity contribution in [3.8, 4) is 0 Å². The van der Waals surface area contributed by atoms with Gasteiger partial charge in [-0.1, -0.05) is 30.3 Å². The predicted molar refractivity (Wildman–Crippen MR) is 62.5 cm³/mol. The molecule has 0 unspecified atom stereocenters. The van der Waals surface area contributed by atoms with E-state index in [0.717, 1.165) is 24.5 Å². The summed E-state index contributed by atoms with van der Waals surface area (Å²) >= 11 is 5.72. The summed E-state index contributed by atoms with van der Waals surface area (Å²) < 4.78 is 5.67. The fourth-order valence-corrected chi connectivity index (χ4v) is 2.22. The summed E-state index contributed by atoms with van der Waals surface area (Å²) in [6.07, 6.45) is 3.95. The quantitative estimate of drug-likeness (QED) is 0.759. The Bertz CT molecular complexity index is 488. The monoisotopic (exact) mass is 233 g/mol. The Balaban J connectivity index is 2.00. The molecule has 2 aromatic rings. The van der Waals surface area contributed by atoms with Crippen LogP contribution in [0.25, 0.3) is 0 Å². The lowest BCUT2D eigenvalue weighted by Crippen LogP contribution is -2.08. The molecule has 1 aliphatic carbocycles. The van der Waals surface area contributed by atoms with Gasteiger partial charge in [0, 0.05) is 0 Å². The van der Waals surface area contributed by atoms with Crippen molar-refractivity contribution in [2.24, 2.45) is 0 Å². The Morgan fingerprint density at radius 1 is 1.25 bits per heavy atom. The van der Waals surface area contributed by atoms with E-state index in [2.05, 4.69) is 29.2 Å². The molecular weight excluding hydrogens is 222 g/mol. The van der Waals surface area contributed by atoms with Crippen LogP contribution in [0.1, 0.15) is 30.1 Å². The molecule has 0 N–H and O–H groups in total. The van der Waals surface area contributed by atoms with Crippen molar-refractivity contribution in [3.63, 3.8) is 0 Å². The van der Waals surface area contributed by atoms with Crippen molar-refractivity contribution >= 4 is 11.6 Å². The molecule has 1 fully saturated rings. The van der Waals surface area contributed by atoms with Crippen LogP contribution in [0.5, 0.6) is 0 Å². The van der Waals surface area contributed by atoms with Crippen LogP contribution >= 0.6 is 11.6 Å². The lowest BCUT2D eigenvalue weighted by atomic mass is 9.96. The number of oxazole rings is 1. The van der Waals surface area contributed by atoms with Crippen LogP contribution in [0, 0.1) is 0 Å². The number of aromatic nitrogens is 1. The van der Waals surface area contributed by atoms with Gasteiger partial charge in [-0.15, -0.1) is 11.6 Å². The van der Waals surface area contributed by atoms with E-state index in [-0.39, 0.29) is 5.41 Å². The van der Waals surface area contributed by atoms with E-state index in [9.17, 15) is 0 Å². The zero-order valence-corrected chi connectivity index (χ0v) is 9.57. The first kappa shape index (κ1) is 9.91. The van der Waals surface area contributed by atoms with E-state index < -0.39 is 0 Å². The fraction of sp³-hybridized carbons (Fsp3) is 0.308. The number of hydrogen-bond acceptors (Lipinski definition) is 2. The standard InChI is InChI=1S/C13H12ClNO/c14-8-11-9-15-12(16-11)13(6-7-13)10-4-2-1-3-5-10/h1-5,9H,6-8H2. The van der Waals surface area contributed by atoms with Crippen molar-refractivity contribution in [2.75, 3.05) is 0 Å². The van der Waals surface area contributed by atoms with E-state index in [0.29, 0.717) is 5.88 Å². The number of hydrogen-bond donors (Lipinski definition) is 0. The van der Waals surface area contributed by atoms with Crippen molar-refractivity contribution in [2.45, 2.75) is 24.1 Å². The first-order chi connectivity index (χ1) is 7.85. The third-order valence-electron chi connectivity index (χ3n) is 3.17. The highest BCUT2D eigenvalue weighted by Gasteiger charge is 2.50. The average Bonchev–Trinajstić information content (AvgIpc) is 3.02. The molecule has 0 spiro atoms. The van der Waals surface area contributed by atoms with E-state index in [1.54, 1.807) is 6.20 Å². The lowest BCUT2D eigenvalue weighted by Gasteiger charge is -2.10. The highest BCUT2D eigenvalue weighted by Crippen LogP contribution is 2.52. The molecule has 16 heavy (non-hydrogen) atoms. The summed E-state index contributed by atoms with van der Waals surface area (Å²) in [7, 11) is 0. The van der Waals surface area contributed by atoms with Gasteiger partial charge in [-0.3, -0.25) is 0 Å². The number of halogens is 1. The van der Waals surface area contributed by atoms with Gasteiger partial charge in [0.25, 0.3) is 0 Å². The van der Waals surface area contributed by atoms with Crippen LogP contribution < -0.4 is 0 Å². The Morgan fingerprint density at radius 2 is 2.00 bits per heavy atom. The lowest BCUT2D eigenvalue weighted by molar-refractivity contribution is 0.439. The topological polar surface area (TPSA) is 26.0 Å². The van der Waals surface area contributed by atoms with Crippen molar-refractivity contribution in [1.29, 1.82) is 0 Å². The van der Waals surface area contributed by atoms with Gasteiger partial charge in [0.15, 0.2) is 0 Å². The van der Waals surface area contributed by atoms with E-state index in [1.165, 1.54) is 5.56 Å². The van der Waals surface area contributed by atoms with E-state index in [4.69, 9.17) is 16.0 Å². The van der Waals surface area contributed by atoms with E-state index in [1.807, 2.05) is 6.07 Å². The Morgan fingerprint density at radius 3 is 2.56 bits per heavy atom. The molecule has 0 atom stereocenters. The number of rotatable bonds is 3. The summed E-state index contributed by atoms with van der Waals surface area (Å²) in [6.45, 7) is 0. The van der Waals surface area contributed by atoms with Gasteiger partial charge in [-0.25, -0.2) is 4.98 Å².